The molecule has 146 valence electrons. The fraction of sp³-hybridized carbons (Fsp3) is 0.211. The van der Waals surface area contributed by atoms with Gasteiger partial charge in [-0.3, -0.25) is 14.3 Å². The molecular weight excluding hydrogens is 380 g/mol. The second-order valence-electron chi connectivity index (χ2n) is 6.24. The van der Waals surface area contributed by atoms with E-state index in [1.807, 2.05) is 31.2 Å². The molecule has 0 radical (unpaired) electrons. The van der Waals surface area contributed by atoms with Crippen LogP contribution >= 0.6 is 0 Å². The van der Waals surface area contributed by atoms with Crippen LogP contribution < -0.4 is 11.1 Å². The molecular formula is C19H20N4O4S. The maximum absolute atomic E-state index is 12.6. The Kier molecular flexibility index (Phi) is 5.46. The molecule has 1 aromatic heterocycles. The number of aryl methyl sites for hydroxylation is 1. The van der Waals surface area contributed by atoms with Crippen LogP contribution in [0.2, 0.25) is 0 Å². The molecule has 0 saturated carbocycles. The zero-order valence-corrected chi connectivity index (χ0v) is 16.1. The molecule has 3 aromatic rings. The number of anilines is 1. The maximum Gasteiger partial charge on any atom is 0.271 e. The molecule has 2 aromatic carbocycles. The van der Waals surface area contributed by atoms with Crippen molar-refractivity contribution in [1.29, 1.82) is 0 Å². The number of nitrogens with one attached hydrogen (secondary N) is 1. The van der Waals surface area contributed by atoms with Crippen molar-refractivity contribution in [3.05, 3.63) is 54.4 Å². The first-order valence-corrected chi connectivity index (χ1v) is 10.3. The van der Waals surface area contributed by atoms with Crippen molar-refractivity contribution in [1.82, 2.24) is 9.78 Å². The van der Waals surface area contributed by atoms with Gasteiger partial charge in [0, 0.05) is 19.2 Å². The Morgan fingerprint density at radius 3 is 2.54 bits per heavy atom. The highest BCUT2D eigenvalue weighted by Crippen LogP contribution is 2.20. The maximum atomic E-state index is 12.6. The Balaban J connectivity index is 1.71. The summed E-state index contributed by atoms with van der Waals surface area (Å²) < 4.78 is 26.6. The van der Waals surface area contributed by atoms with Gasteiger partial charge in [-0.05, 0) is 29.8 Å². The van der Waals surface area contributed by atoms with E-state index in [9.17, 15) is 18.0 Å². The van der Waals surface area contributed by atoms with E-state index in [0.717, 1.165) is 10.8 Å². The summed E-state index contributed by atoms with van der Waals surface area (Å²) >= 11 is 0. The fourth-order valence-corrected chi connectivity index (χ4v) is 4.05. The van der Waals surface area contributed by atoms with Gasteiger partial charge in [0.25, 0.3) is 5.91 Å². The molecule has 3 N–H and O–H groups in total. The van der Waals surface area contributed by atoms with Crippen LogP contribution in [0.15, 0.2) is 53.6 Å². The van der Waals surface area contributed by atoms with Crippen molar-refractivity contribution < 1.29 is 18.0 Å². The van der Waals surface area contributed by atoms with Gasteiger partial charge >= 0.3 is 0 Å². The molecule has 0 aliphatic rings. The minimum Gasteiger partial charge on any atom is -0.364 e. The summed E-state index contributed by atoms with van der Waals surface area (Å²) in [6.45, 7) is 2.31. The standard InChI is InChI=1S/C19H20N4O4S/c1-2-23-12-16(18(22-23)19(20)25)21-17(24)9-10-28(26,27)15-8-7-13-5-3-4-6-14(13)11-15/h3-8,11-12H,2,9-10H2,1H3,(H2,20,25)(H,21,24). The Bertz CT molecular complexity index is 1150. The third-order valence-corrected chi connectivity index (χ3v) is 5.98. The summed E-state index contributed by atoms with van der Waals surface area (Å²) in [5.41, 5.74) is 5.37. The van der Waals surface area contributed by atoms with Gasteiger partial charge < -0.3 is 11.1 Å². The predicted molar refractivity (Wildman–Crippen MR) is 106 cm³/mol. The van der Waals surface area contributed by atoms with E-state index < -0.39 is 21.7 Å². The van der Waals surface area contributed by atoms with E-state index in [1.54, 1.807) is 12.1 Å². The fourth-order valence-electron chi connectivity index (χ4n) is 2.78. The molecule has 3 rings (SSSR count). The van der Waals surface area contributed by atoms with Gasteiger partial charge in [0.2, 0.25) is 5.91 Å². The molecule has 0 aliphatic heterocycles. The van der Waals surface area contributed by atoms with Crippen molar-refractivity contribution in [2.24, 2.45) is 5.73 Å². The monoisotopic (exact) mass is 400 g/mol. The lowest BCUT2D eigenvalue weighted by Gasteiger charge is -2.07. The molecule has 0 aliphatic carbocycles. The molecule has 28 heavy (non-hydrogen) atoms. The summed E-state index contributed by atoms with van der Waals surface area (Å²) in [5, 5.41) is 8.24. The number of rotatable bonds is 7. The van der Waals surface area contributed by atoms with Gasteiger partial charge in [0.1, 0.15) is 0 Å². The summed E-state index contributed by atoms with van der Waals surface area (Å²) in [6.07, 6.45) is 1.22. The first kappa shape index (κ1) is 19.6. The van der Waals surface area contributed by atoms with Gasteiger partial charge in [-0.2, -0.15) is 5.10 Å². The SMILES string of the molecule is CCn1cc(NC(=O)CCS(=O)(=O)c2ccc3ccccc3c2)c(C(N)=O)n1. The van der Waals surface area contributed by atoms with Crippen molar-refractivity contribution in [2.75, 3.05) is 11.1 Å². The zero-order valence-electron chi connectivity index (χ0n) is 15.3. The molecule has 0 fully saturated rings. The average molecular weight is 400 g/mol. The van der Waals surface area contributed by atoms with Crippen LogP contribution in [0.4, 0.5) is 5.69 Å². The van der Waals surface area contributed by atoms with Crippen LogP contribution in [0.1, 0.15) is 23.8 Å². The van der Waals surface area contributed by atoms with Gasteiger partial charge in [0.05, 0.1) is 16.3 Å². The molecule has 0 saturated heterocycles. The van der Waals surface area contributed by atoms with Crippen LogP contribution in [0.3, 0.4) is 0 Å². The summed E-state index contributed by atoms with van der Waals surface area (Å²) in [6, 6.07) is 12.3. The molecule has 9 heteroatoms. The number of nitrogens with two attached hydrogens (primary N) is 1. The second-order valence-corrected chi connectivity index (χ2v) is 8.35. The van der Waals surface area contributed by atoms with Crippen LogP contribution in [-0.4, -0.2) is 35.8 Å². The number of carbonyl (C=O) groups is 2. The summed E-state index contributed by atoms with van der Waals surface area (Å²) in [5.74, 6) is -1.67. The minimum atomic E-state index is -3.64. The quantitative estimate of drug-likeness (QED) is 0.627. The van der Waals surface area contributed by atoms with Crippen molar-refractivity contribution in [3.63, 3.8) is 0 Å². The number of aromatic nitrogens is 2. The third kappa shape index (κ3) is 4.20. The predicted octanol–water partition coefficient (Wildman–Crippen LogP) is 1.96. The number of amides is 2. The number of nitrogens with zero attached hydrogens (tertiary/aromatic N) is 2. The van der Waals surface area contributed by atoms with Crippen molar-refractivity contribution >= 4 is 38.1 Å². The lowest BCUT2D eigenvalue weighted by molar-refractivity contribution is -0.115. The molecule has 0 unspecified atom stereocenters. The van der Waals surface area contributed by atoms with Crippen LogP contribution in [0, 0.1) is 0 Å². The number of sulfone groups is 1. The first-order valence-electron chi connectivity index (χ1n) is 8.69. The van der Waals surface area contributed by atoms with Crippen molar-refractivity contribution in [2.45, 2.75) is 24.8 Å². The first-order chi connectivity index (χ1) is 13.3. The highest BCUT2D eigenvalue weighted by molar-refractivity contribution is 7.91. The van der Waals surface area contributed by atoms with Crippen LogP contribution in [0.5, 0.6) is 0 Å². The molecule has 0 spiro atoms. The largest absolute Gasteiger partial charge is 0.364 e. The number of hydrogen-bond donors (Lipinski definition) is 2. The second kappa shape index (κ2) is 7.81. The Labute approximate surface area is 162 Å². The Morgan fingerprint density at radius 1 is 1.14 bits per heavy atom. The molecule has 0 atom stereocenters. The number of fused-ring (bicyclic) bond motifs is 1. The van der Waals surface area contributed by atoms with E-state index in [4.69, 9.17) is 5.73 Å². The molecule has 1 heterocycles. The number of hydrogen-bond acceptors (Lipinski definition) is 5. The van der Waals surface area contributed by atoms with Crippen LogP contribution in [0.25, 0.3) is 10.8 Å². The number of benzene rings is 2. The van der Waals surface area contributed by atoms with E-state index in [1.165, 1.54) is 16.9 Å². The van der Waals surface area contributed by atoms with Gasteiger partial charge in [0.15, 0.2) is 15.5 Å². The summed E-state index contributed by atoms with van der Waals surface area (Å²) in [4.78, 5) is 23.8. The summed E-state index contributed by atoms with van der Waals surface area (Å²) in [7, 11) is -3.64. The highest BCUT2D eigenvalue weighted by atomic mass is 32.2. The lowest BCUT2D eigenvalue weighted by atomic mass is 10.1. The normalized spacial score (nSPS) is 11.5. The van der Waals surface area contributed by atoms with Crippen LogP contribution in [-0.2, 0) is 21.2 Å². The topological polar surface area (TPSA) is 124 Å². The molecule has 0 bridgehead atoms. The van der Waals surface area contributed by atoms with Gasteiger partial charge in [-0.1, -0.05) is 30.3 Å². The highest BCUT2D eigenvalue weighted by Gasteiger charge is 2.19. The van der Waals surface area contributed by atoms with E-state index in [-0.39, 0.29) is 28.5 Å². The Morgan fingerprint density at radius 2 is 1.86 bits per heavy atom. The third-order valence-electron chi connectivity index (χ3n) is 4.27. The van der Waals surface area contributed by atoms with E-state index in [0.29, 0.717) is 6.54 Å². The number of primary amides is 1. The zero-order chi connectivity index (χ0) is 20.3. The Hall–Kier alpha value is -3.20. The van der Waals surface area contributed by atoms with E-state index >= 15 is 0 Å². The molecule has 2 amide bonds. The lowest BCUT2D eigenvalue weighted by Crippen LogP contribution is -2.20. The van der Waals surface area contributed by atoms with Gasteiger partial charge in [-0.25, -0.2) is 8.42 Å². The molecule has 8 nitrogen and oxygen atoms in total. The van der Waals surface area contributed by atoms with E-state index in [2.05, 4.69) is 10.4 Å². The minimum absolute atomic E-state index is 0.0624. The smallest absolute Gasteiger partial charge is 0.271 e. The number of carbonyl (C=O) groups excluding carboxylic acids is 2. The van der Waals surface area contributed by atoms with Crippen molar-refractivity contribution in [3.8, 4) is 0 Å². The van der Waals surface area contributed by atoms with Gasteiger partial charge in [-0.15, -0.1) is 0 Å². The average Bonchev–Trinajstić information content (AvgIpc) is 3.09.